The highest BCUT2D eigenvalue weighted by atomic mass is 31.2. The fourth-order valence-electron chi connectivity index (χ4n) is 6.25. The summed E-state index contributed by atoms with van der Waals surface area (Å²) in [4.78, 5) is 48.0. The van der Waals surface area contributed by atoms with Gasteiger partial charge in [0.1, 0.15) is 12.7 Å². The monoisotopic (exact) mass is 895 g/mol. The Hall–Kier alpha value is -2.82. The number of rotatable bonds is 44. The summed E-state index contributed by atoms with van der Waals surface area (Å²) in [5.41, 5.74) is 0. The van der Waals surface area contributed by atoms with Crippen molar-refractivity contribution in [2.24, 2.45) is 0 Å². The highest BCUT2D eigenvalue weighted by Crippen LogP contribution is 2.43. The highest BCUT2D eigenvalue weighted by Gasteiger charge is 2.28. The van der Waals surface area contributed by atoms with Crippen molar-refractivity contribution >= 4 is 25.7 Å². The number of carbonyl (C=O) groups is 3. The first-order valence-electron chi connectivity index (χ1n) is 24.2. The van der Waals surface area contributed by atoms with Crippen molar-refractivity contribution < 1.29 is 52.2 Å². The van der Waals surface area contributed by atoms with E-state index in [1.807, 2.05) is 12.2 Å². The lowest BCUT2D eigenvalue weighted by Crippen LogP contribution is -2.30. The molecule has 0 aromatic heterocycles. The second-order valence-electron chi connectivity index (χ2n) is 15.9. The SMILES string of the molecule is CC/C=C\C/C=C\C/C=C\C/C=C\CCC(=O)OCC(COP(=O)(O)OCC(CO)OC(=O)CCCCCCCCCCC)OC(=O)CCCCCCC/C=C\CCCCCC. The molecular formula is C50H87O11P. The molecular weight excluding hydrogens is 808 g/mol. The normalized spacial score (nSPS) is 14.1. The summed E-state index contributed by atoms with van der Waals surface area (Å²) < 4.78 is 39.1. The molecule has 0 saturated heterocycles. The smallest absolute Gasteiger partial charge is 0.462 e. The van der Waals surface area contributed by atoms with Gasteiger partial charge in [0.15, 0.2) is 6.10 Å². The summed E-state index contributed by atoms with van der Waals surface area (Å²) in [6.45, 7) is 4.37. The van der Waals surface area contributed by atoms with Crippen molar-refractivity contribution in [1.82, 2.24) is 0 Å². The van der Waals surface area contributed by atoms with Crippen molar-refractivity contribution in [2.45, 2.75) is 213 Å². The molecule has 3 unspecified atom stereocenters. The van der Waals surface area contributed by atoms with Crippen LogP contribution in [0.3, 0.4) is 0 Å². The molecule has 0 amide bonds. The molecule has 0 rings (SSSR count). The molecule has 0 heterocycles. The van der Waals surface area contributed by atoms with Crippen LogP contribution >= 0.6 is 7.82 Å². The standard InChI is InChI=1S/C50H87O11P/c1-4-7-10-13-16-19-21-23-25-28-30-33-36-39-48(52)57-43-47(61-50(54)41-38-35-32-29-26-24-22-20-17-14-11-8-5-2)45-59-62(55,56)58-44-46(42-51)60-49(53)40-37-34-31-27-18-15-12-9-6-3/h7,10,16,19-20,22-23,25,30,33,46-47,51H,4-6,8-9,11-15,17-18,21,24,26-29,31-32,34-45H2,1-3H3,(H,55,56)/b10-7-,19-16-,22-20-,25-23-,33-30-. The molecule has 0 bridgehead atoms. The number of phosphoric ester groups is 1. The molecule has 0 saturated carbocycles. The molecule has 11 nitrogen and oxygen atoms in total. The van der Waals surface area contributed by atoms with E-state index in [0.717, 1.165) is 83.5 Å². The van der Waals surface area contributed by atoms with Crippen LogP contribution in [0.1, 0.15) is 201 Å². The number of hydrogen-bond acceptors (Lipinski definition) is 10. The lowest BCUT2D eigenvalue weighted by molar-refractivity contribution is -0.161. The van der Waals surface area contributed by atoms with Crippen LogP contribution in [0, 0.1) is 0 Å². The zero-order valence-electron chi connectivity index (χ0n) is 39.1. The summed E-state index contributed by atoms with van der Waals surface area (Å²) in [5.74, 6) is -1.58. The van der Waals surface area contributed by atoms with Gasteiger partial charge in [-0.3, -0.25) is 23.4 Å². The lowest BCUT2D eigenvalue weighted by atomic mass is 10.1. The van der Waals surface area contributed by atoms with E-state index in [0.29, 0.717) is 19.3 Å². The van der Waals surface area contributed by atoms with E-state index in [4.69, 9.17) is 23.3 Å². The third-order valence-electron chi connectivity index (χ3n) is 9.94. The minimum atomic E-state index is -4.75. The van der Waals surface area contributed by atoms with Gasteiger partial charge >= 0.3 is 25.7 Å². The summed E-state index contributed by atoms with van der Waals surface area (Å²) in [7, 11) is -4.75. The van der Waals surface area contributed by atoms with Crippen LogP contribution in [0.5, 0.6) is 0 Å². The maximum Gasteiger partial charge on any atom is 0.472 e. The van der Waals surface area contributed by atoms with E-state index < -0.39 is 57.8 Å². The third kappa shape index (κ3) is 42.5. The van der Waals surface area contributed by atoms with Gasteiger partial charge < -0.3 is 24.2 Å². The molecule has 0 aromatic carbocycles. The van der Waals surface area contributed by atoms with Gasteiger partial charge in [0.25, 0.3) is 0 Å². The summed E-state index contributed by atoms with van der Waals surface area (Å²) in [5, 5.41) is 9.72. The van der Waals surface area contributed by atoms with Gasteiger partial charge in [-0.15, -0.1) is 0 Å². The molecule has 0 aromatic rings. The number of esters is 3. The van der Waals surface area contributed by atoms with E-state index >= 15 is 0 Å². The Morgan fingerprint density at radius 3 is 1.37 bits per heavy atom. The van der Waals surface area contributed by atoms with Crippen LogP contribution in [-0.4, -0.2) is 66.5 Å². The maximum atomic E-state index is 12.8. The molecule has 62 heavy (non-hydrogen) atoms. The van der Waals surface area contributed by atoms with Crippen LogP contribution in [0.2, 0.25) is 0 Å². The molecule has 0 aliphatic rings. The van der Waals surface area contributed by atoms with E-state index in [-0.39, 0.29) is 25.9 Å². The Balaban J connectivity index is 4.86. The second kappa shape index (κ2) is 44.8. The van der Waals surface area contributed by atoms with Gasteiger partial charge in [0.05, 0.1) is 19.8 Å². The molecule has 3 atom stereocenters. The van der Waals surface area contributed by atoms with Gasteiger partial charge in [-0.2, -0.15) is 0 Å². The Morgan fingerprint density at radius 1 is 0.468 bits per heavy atom. The van der Waals surface area contributed by atoms with Crippen LogP contribution in [0.4, 0.5) is 0 Å². The van der Waals surface area contributed by atoms with Gasteiger partial charge in [-0.05, 0) is 70.6 Å². The molecule has 0 spiro atoms. The molecule has 2 N–H and O–H groups in total. The number of ether oxygens (including phenoxy) is 3. The lowest BCUT2D eigenvalue weighted by Gasteiger charge is -2.21. The third-order valence-corrected chi connectivity index (χ3v) is 10.9. The average molecular weight is 895 g/mol. The summed E-state index contributed by atoms with van der Waals surface area (Å²) in [6, 6.07) is 0. The number of unbranched alkanes of at least 4 members (excludes halogenated alkanes) is 17. The van der Waals surface area contributed by atoms with E-state index in [1.54, 1.807) is 0 Å². The fraction of sp³-hybridized carbons (Fsp3) is 0.740. The number of carbonyl (C=O) groups excluding carboxylic acids is 3. The zero-order chi connectivity index (χ0) is 45.6. The van der Waals surface area contributed by atoms with E-state index in [2.05, 4.69) is 69.4 Å². The number of aliphatic hydroxyl groups excluding tert-OH is 1. The predicted octanol–water partition coefficient (Wildman–Crippen LogP) is 13.2. The van der Waals surface area contributed by atoms with E-state index in [9.17, 15) is 28.9 Å². The van der Waals surface area contributed by atoms with Gasteiger partial charge in [-0.25, -0.2) is 4.57 Å². The Morgan fingerprint density at radius 2 is 0.871 bits per heavy atom. The second-order valence-corrected chi connectivity index (χ2v) is 17.3. The van der Waals surface area contributed by atoms with Crippen molar-refractivity contribution in [3.8, 4) is 0 Å². The maximum absolute atomic E-state index is 12.8. The molecule has 358 valence electrons. The van der Waals surface area contributed by atoms with E-state index in [1.165, 1.54) is 57.8 Å². The molecule has 0 aliphatic carbocycles. The number of hydrogen-bond donors (Lipinski definition) is 2. The molecule has 12 heteroatoms. The van der Waals surface area contributed by atoms with Crippen molar-refractivity contribution in [3.05, 3.63) is 60.8 Å². The average Bonchev–Trinajstić information content (AvgIpc) is 3.25. The molecule has 0 radical (unpaired) electrons. The van der Waals surface area contributed by atoms with Crippen LogP contribution in [0.15, 0.2) is 60.8 Å². The first kappa shape index (κ1) is 59.2. The summed E-state index contributed by atoms with van der Waals surface area (Å²) in [6.07, 6.45) is 45.1. The van der Waals surface area contributed by atoms with Crippen molar-refractivity contribution in [3.63, 3.8) is 0 Å². The van der Waals surface area contributed by atoms with Crippen molar-refractivity contribution in [2.75, 3.05) is 26.4 Å². The Kier molecular flexibility index (Phi) is 42.7. The Labute approximate surface area is 376 Å². The minimum absolute atomic E-state index is 0.104. The van der Waals surface area contributed by atoms with Gasteiger partial charge in [0, 0.05) is 19.3 Å². The van der Waals surface area contributed by atoms with Crippen LogP contribution < -0.4 is 0 Å². The fourth-order valence-corrected chi connectivity index (χ4v) is 7.03. The van der Waals surface area contributed by atoms with Crippen molar-refractivity contribution in [1.29, 1.82) is 0 Å². The largest absolute Gasteiger partial charge is 0.472 e. The zero-order valence-corrected chi connectivity index (χ0v) is 40.0. The number of phosphoric acid groups is 1. The van der Waals surface area contributed by atoms with Gasteiger partial charge in [-0.1, -0.05) is 171 Å². The van der Waals surface area contributed by atoms with Crippen LogP contribution in [-0.2, 0) is 42.2 Å². The summed E-state index contributed by atoms with van der Waals surface area (Å²) >= 11 is 0. The first-order chi connectivity index (χ1) is 30.2. The highest BCUT2D eigenvalue weighted by molar-refractivity contribution is 7.47. The Bertz CT molecular complexity index is 1280. The van der Waals surface area contributed by atoms with Gasteiger partial charge in [0.2, 0.25) is 0 Å². The molecule has 0 aliphatic heterocycles. The minimum Gasteiger partial charge on any atom is -0.462 e. The predicted molar refractivity (Wildman–Crippen MR) is 252 cm³/mol. The van der Waals surface area contributed by atoms with Crippen LogP contribution in [0.25, 0.3) is 0 Å². The first-order valence-corrected chi connectivity index (χ1v) is 25.7. The molecule has 0 fully saturated rings. The quantitative estimate of drug-likeness (QED) is 0.0197. The number of allylic oxidation sites excluding steroid dienone is 10. The number of aliphatic hydroxyl groups is 1. The topological polar surface area (TPSA) is 155 Å².